The zero-order chi connectivity index (χ0) is 18.0. The van der Waals surface area contributed by atoms with Gasteiger partial charge in [-0.25, -0.2) is 0 Å². The first kappa shape index (κ1) is 21.9. The summed E-state index contributed by atoms with van der Waals surface area (Å²) in [6.45, 7) is 4.03. The number of halogens is 1. The fourth-order valence-corrected chi connectivity index (χ4v) is 3.22. The summed E-state index contributed by atoms with van der Waals surface area (Å²) in [5.41, 5.74) is 1.36. The zero-order valence-corrected chi connectivity index (χ0v) is 18.3. The summed E-state index contributed by atoms with van der Waals surface area (Å²) in [5.74, 6) is 0.842. The van der Waals surface area contributed by atoms with Crippen molar-refractivity contribution in [1.29, 1.82) is 0 Å². The van der Waals surface area contributed by atoms with Crippen molar-refractivity contribution < 1.29 is 9.47 Å². The van der Waals surface area contributed by atoms with E-state index in [1.807, 2.05) is 0 Å². The van der Waals surface area contributed by atoms with Gasteiger partial charge in [-0.05, 0) is 35.6 Å². The van der Waals surface area contributed by atoms with Crippen molar-refractivity contribution in [2.75, 3.05) is 40.0 Å². The molecule has 1 saturated heterocycles. The average molecular weight is 483 g/mol. The molecule has 148 valence electrons. The fourth-order valence-electron chi connectivity index (χ4n) is 3.22. The van der Waals surface area contributed by atoms with E-state index in [0.29, 0.717) is 0 Å². The number of nitrogens with one attached hydrogen (secondary N) is 2. The molecule has 27 heavy (non-hydrogen) atoms. The number of nitrogens with zero attached hydrogens (tertiary/aromatic N) is 1. The van der Waals surface area contributed by atoms with Gasteiger partial charge < -0.3 is 20.1 Å². The number of benzene rings is 2. The fraction of sp³-hybridized carbons (Fsp3) is 0.476. The lowest BCUT2D eigenvalue weighted by atomic mass is 10.0. The van der Waals surface area contributed by atoms with Crippen molar-refractivity contribution in [3.63, 3.8) is 0 Å². The molecule has 0 saturated carbocycles. The first-order valence-electron chi connectivity index (χ1n) is 9.47. The Balaban J connectivity index is 0.00000261. The van der Waals surface area contributed by atoms with Crippen LogP contribution in [0.15, 0.2) is 47.5 Å². The molecule has 0 spiro atoms. The van der Waals surface area contributed by atoms with E-state index in [0.717, 1.165) is 58.1 Å². The summed E-state index contributed by atoms with van der Waals surface area (Å²) < 4.78 is 11.1. The van der Waals surface area contributed by atoms with Gasteiger partial charge in [0.1, 0.15) is 0 Å². The van der Waals surface area contributed by atoms with Crippen LogP contribution < -0.4 is 10.6 Å². The topological polar surface area (TPSA) is 54.9 Å². The van der Waals surface area contributed by atoms with E-state index in [2.05, 4.69) is 58.1 Å². The van der Waals surface area contributed by atoms with Crippen molar-refractivity contribution >= 4 is 40.7 Å². The van der Waals surface area contributed by atoms with Crippen LogP contribution in [0.2, 0.25) is 0 Å². The van der Waals surface area contributed by atoms with Gasteiger partial charge >= 0.3 is 0 Å². The number of ether oxygens (including phenoxy) is 2. The van der Waals surface area contributed by atoms with Gasteiger partial charge in [0.2, 0.25) is 0 Å². The quantitative estimate of drug-likeness (QED) is 0.262. The molecule has 1 fully saturated rings. The first-order valence-corrected chi connectivity index (χ1v) is 9.47. The summed E-state index contributed by atoms with van der Waals surface area (Å²) in [4.78, 5) is 4.29. The Morgan fingerprint density at radius 3 is 2.78 bits per heavy atom. The molecular weight excluding hydrogens is 453 g/mol. The maximum Gasteiger partial charge on any atom is 0.190 e. The molecule has 2 N–H and O–H groups in total. The molecule has 1 heterocycles. The Kier molecular flexibility index (Phi) is 9.86. The summed E-state index contributed by atoms with van der Waals surface area (Å²) in [6, 6.07) is 15.0. The molecule has 0 radical (unpaired) electrons. The van der Waals surface area contributed by atoms with Gasteiger partial charge in [-0.3, -0.25) is 4.99 Å². The first-order chi connectivity index (χ1) is 12.9. The van der Waals surface area contributed by atoms with Gasteiger partial charge in [-0.2, -0.15) is 0 Å². The van der Waals surface area contributed by atoms with Crippen LogP contribution in [0.1, 0.15) is 18.4 Å². The molecule has 1 atom stereocenters. The highest BCUT2D eigenvalue weighted by Crippen LogP contribution is 2.18. The van der Waals surface area contributed by atoms with Crippen LogP contribution in [0.25, 0.3) is 10.8 Å². The SMILES string of the molecule is CN=C(NCCCOC1CCOC1)NCCc1cccc2ccccc12.I. The van der Waals surface area contributed by atoms with E-state index in [1.54, 1.807) is 7.05 Å². The normalized spacial score (nSPS) is 16.9. The van der Waals surface area contributed by atoms with E-state index in [-0.39, 0.29) is 30.1 Å². The van der Waals surface area contributed by atoms with Crippen LogP contribution in [-0.4, -0.2) is 52.0 Å². The van der Waals surface area contributed by atoms with Gasteiger partial charge in [0.15, 0.2) is 5.96 Å². The Morgan fingerprint density at radius 2 is 1.96 bits per heavy atom. The van der Waals surface area contributed by atoms with Crippen LogP contribution in [0.3, 0.4) is 0 Å². The zero-order valence-electron chi connectivity index (χ0n) is 15.9. The average Bonchev–Trinajstić information content (AvgIpc) is 3.20. The standard InChI is InChI=1S/C21H29N3O2.HI/c1-22-21(23-12-5-14-26-19-11-15-25-16-19)24-13-10-18-8-4-7-17-6-2-3-9-20(17)18;/h2-4,6-9,19H,5,10-16H2,1H3,(H2,22,23,24);1H. The molecule has 2 aromatic rings. The number of fused-ring (bicyclic) bond motifs is 1. The van der Waals surface area contributed by atoms with Gasteiger partial charge in [0, 0.05) is 33.4 Å². The van der Waals surface area contributed by atoms with Gasteiger partial charge in [0.05, 0.1) is 12.7 Å². The molecule has 0 amide bonds. The van der Waals surface area contributed by atoms with E-state index in [4.69, 9.17) is 9.47 Å². The van der Waals surface area contributed by atoms with Crippen molar-refractivity contribution in [3.8, 4) is 0 Å². The van der Waals surface area contributed by atoms with Crippen molar-refractivity contribution in [3.05, 3.63) is 48.0 Å². The van der Waals surface area contributed by atoms with Crippen LogP contribution in [0.4, 0.5) is 0 Å². The predicted molar refractivity (Wildman–Crippen MR) is 122 cm³/mol. The maximum absolute atomic E-state index is 5.77. The lowest BCUT2D eigenvalue weighted by Crippen LogP contribution is -2.39. The second kappa shape index (κ2) is 12.2. The Hall–Kier alpha value is -1.38. The molecule has 1 aliphatic rings. The number of hydrogen-bond acceptors (Lipinski definition) is 3. The molecule has 0 aromatic heterocycles. The number of guanidine groups is 1. The third kappa shape index (κ3) is 6.93. The van der Waals surface area contributed by atoms with Crippen LogP contribution >= 0.6 is 24.0 Å². The van der Waals surface area contributed by atoms with Crippen LogP contribution in [0, 0.1) is 0 Å². The van der Waals surface area contributed by atoms with Gasteiger partial charge in [-0.1, -0.05) is 42.5 Å². The molecule has 1 unspecified atom stereocenters. The predicted octanol–water partition coefficient (Wildman–Crippen LogP) is 3.36. The summed E-state index contributed by atoms with van der Waals surface area (Å²) in [5, 5.41) is 9.36. The Labute approximate surface area is 178 Å². The van der Waals surface area contributed by atoms with E-state index >= 15 is 0 Å². The minimum Gasteiger partial charge on any atom is -0.379 e. The molecule has 1 aliphatic heterocycles. The highest BCUT2D eigenvalue weighted by atomic mass is 127. The van der Waals surface area contributed by atoms with E-state index in [1.165, 1.54) is 16.3 Å². The summed E-state index contributed by atoms with van der Waals surface area (Å²) in [6.07, 6.45) is 3.23. The lowest BCUT2D eigenvalue weighted by Gasteiger charge is -2.13. The van der Waals surface area contributed by atoms with Gasteiger partial charge in [0.25, 0.3) is 0 Å². The summed E-state index contributed by atoms with van der Waals surface area (Å²) >= 11 is 0. The minimum atomic E-state index is 0. The smallest absolute Gasteiger partial charge is 0.190 e. The van der Waals surface area contributed by atoms with Gasteiger partial charge in [-0.15, -0.1) is 24.0 Å². The number of hydrogen-bond donors (Lipinski definition) is 2. The second-order valence-electron chi connectivity index (χ2n) is 6.52. The van der Waals surface area contributed by atoms with Crippen molar-refractivity contribution in [2.24, 2.45) is 4.99 Å². The molecule has 0 aliphatic carbocycles. The molecule has 6 heteroatoms. The molecule has 2 aromatic carbocycles. The maximum atomic E-state index is 5.77. The largest absolute Gasteiger partial charge is 0.379 e. The highest BCUT2D eigenvalue weighted by molar-refractivity contribution is 14.0. The highest BCUT2D eigenvalue weighted by Gasteiger charge is 2.15. The molecule has 3 rings (SSSR count). The van der Waals surface area contributed by atoms with Crippen LogP contribution in [0.5, 0.6) is 0 Å². The molecule has 0 bridgehead atoms. The number of aliphatic imine (C=N–C) groups is 1. The second-order valence-corrected chi connectivity index (χ2v) is 6.52. The van der Waals surface area contributed by atoms with Crippen LogP contribution in [-0.2, 0) is 15.9 Å². The Bertz CT molecular complexity index is 712. The Morgan fingerprint density at radius 1 is 1.15 bits per heavy atom. The monoisotopic (exact) mass is 483 g/mol. The van der Waals surface area contributed by atoms with E-state index < -0.39 is 0 Å². The van der Waals surface area contributed by atoms with Crippen molar-refractivity contribution in [2.45, 2.75) is 25.4 Å². The number of rotatable bonds is 8. The molecular formula is C21H30IN3O2. The summed E-state index contributed by atoms with van der Waals surface area (Å²) in [7, 11) is 1.81. The minimum absolute atomic E-state index is 0. The lowest BCUT2D eigenvalue weighted by molar-refractivity contribution is 0.0420. The van der Waals surface area contributed by atoms with Crippen molar-refractivity contribution in [1.82, 2.24) is 10.6 Å². The molecule has 5 nitrogen and oxygen atoms in total. The third-order valence-electron chi connectivity index (χ3n) is 4.65. The third-order valence-corrected chi connectivity index (χ3v) is 4.65. The van der Waals surface area contributed by atoms with E-state index in [9.17, 15) is 0 Å².